The molecule has 14 heavy (non-hydrogen) atoms. The van der Waals surface area contributed by atoms with Gasteiger partial charge in [-0.15, -0.1) is 11.6 Å². The van der Waals surface area contributed by atoms with Crippen molar-refractivity contribution in [1.82, 2.24) is 0 Å². The third-order valence-corrected chi connectivity index (χ3v) is 4.03. The minimum Gasteiger partial charge on any atom is -0.372 e. The molecule has 0 amide bonds. The van der Waals surface area contributed by atoms with Crippen molar-refractivity contribution in [2.75, 3.05) is 5.88 Å². The van der Waals surface area contributed by atoms with Crippen LogP contribution in [0.1, 0.15) is 57.8 Å². The summed E-state index contributed by atoms with van der Waals surface area (Å²) in [6.45, 7) is 0. The van der Waals surface area contributed by atoms with Crippen LogP contribution >= 0.6 is 11.6 Å². The number of halogens is 1. The van der Waals surface area contributed by atoms with Crippen LogP contribution in [0.25, 0.3) is 0 Å². The fourth-order valence-corrected chi connectivity index (χ4v) is 3.14. The Morgan fingerprint density at radius 3 is 2.64 bits per heavy atom. The molecular formula is C12H21ClO. The number of hydrogen-bond acceptors (Lipinski definition) is 1. The molecule has 1 nitrogen and oxygen atoms in total. The minimum atomic E-state index is 0.325. The molecule has 2 fully saturated rings. The highest BCUT2D eigenvalue weighted by atomic mass is 35.5. The van der Waals surface area contributed by atoms with Gasteiger partial charge in [-0.2, -0.15) is 0 Å². The molecule has 2 aliphatic rings. The zero-order valence-electron chi connectivity index (χ0n) is 8.93. The first-order chi connectivity index (χ1) is 6.85. The van der Waals surface area contributed by atoms with E-state index in [0.717, 1.165) is 12.3 Å². The van der Waals surface area contributed by atoms with E-state index in [9.17, 15) is 0 Å². The quantitative estimate of drug-likeness (QED) is 0.512. The Hall–Kier alpha value is 0.250. The lowest BCUT2D eigenvalue weighted by molar-refractivity contribution is -0.0393. The van der Waals surface area contributed by atoms with Gasteiger partial charge in [0.15, 0.2) is 0 Å². The van der Waals surface area contributed by atoms with Crippen molar-refractivity contribution in [2.45, 2.75) is 69.5 Å². The monoisotopic (exact) mass is 216 g/mol. The van der Waals surface area contributed by atoms with Crippen molar-refractivity contribution in [3.63, 3.8) is 0 Å². The van der Waals surface area contributed by atoms with Crippen LogP contribution in [0.5, 0.6) is 0 Å². The zero-order valence-corrected chi connectivity index (χ0v) is 9.69. The first kappa shape index (κ1) is 10.8. The molecule has 0 N–H and O–H groups in total. The molecule has 0 aromatic rings. The van der Waals surface area contributed by atoms with Crippen LogP contribution in [-0.2, 0) is 4.74 Å². The van der Waals surface area contributed by atoms with Crippen LogP contribution in [-0.4, -0.2) is 17.6 Å². The number of ether oxygens (including phenoxy) is 1. The van der Waals surface area contributed by atoms with Crippen LogP contribution in [0.15, 0.2) is 0 Å². The molecule has 1 unspecified atom stereocenters. The fourth-order valence-electron chi connectivity index (χ4n) is 2.95. The predicted octanol–water partition coefficient (Wildman–Crippen LogP) is 3.89. The predicted molar refractivity (Wildman–Crippen MR) is 59.9 cm³/mol. The van der Waals surface area contributed by atoms with Gasteiger partial charge in [0, 0.05) is 5.88 Å². The van der Waals surface area contributed by atoms with E-state index in [1.54, 1.807) is 0 Å². The van der Waals surface area contributed by atoms with Crippen molar-refractivity contribution < 1.29 is 4.74 Å². The second kappa shape index (κ2) is 4.85. The molecule has 0 aromatic heterocycles. The lowest BCUT2D eigenvalue weighted by atomic mass is 9.98. The van der Waals surface area contributed by atoms with Crippen molar-refractivity contribution in [3.05, 3.63) is 0 Å². The molecule has 0 radical (unpaired) electrons. The van der Waals surface area contributed by atoms with Gasteiger partial charge in [-0.05, 0) is 44.9 Å². The van der Waals surface area contributed by atoms with E-state index in [0.29, 0.717) is 11.7 Å². The summed E-state index contributed by atoms with van der Waals surface area (Å²) in [4.78, 5) is 0. The lowest BCUT2D eigenvalue weighted by Gasteiger charge is -2.23. The highest BCUT2D eigenvalue weighted by Crippen LogP contribution is 2.44. The SMILES string of the molecule is ClCCCCC1CCC2(CCCC2)O1. The Morgan fingerprint density at radius 2 is 1.93 bits per heavy atom. The van der Waals surface area contributed by atoms with E-state index in [2.05, 4.69) is 0 Å². The lowest BCUT2D eigenvalue weighted by Crippen LogP contribution is -2.24. The van der Waals surface area contributed by atoms with Gasteiger partial charge in [-0.1, -0.05) is 12.8 Å². The third-order valence-electron chi connectivity index (χ3n) is 3.76. The Labute approximate surface area is 92.2 Å². The Balaban J connectivity index is 1.71. The van der Waals surface area contributed by atoms with Gasteiger partial charge < -0.3 is 4.74 Å². The van der Waals surface area contributed by atoms with Gasteiger partial charge >= 0.3 is 0 Å². The average molecular weight is 217 g/mol. The molecule has 82 valence electrons. The summed E-state index contributed by atoms with van der Waals surface area (Å²) in [6.07, 6.45) is 12.2. The molecule has 1 spiro atoms. The minimum absolute atomic E-state index is 0.325. The van der Waals surface area contributed by atoms with Crippen LogP contribution in [0.3, 0.4) is 0 Å². The Kier molecular flexibility index (Phi) is 3.73. The van der Waals surface area contributed by atoms with Gasteiger partial charge in [0.25, 0.3) is 0 Å². The Morgan fingerprint density at radius 1 is 1.14 bits per heavy atom. The molecule has 0 bridgehead atoms. The summed E-state index contributed by atoms with van der Waals surface area (Å²) in [5.74, 6) is 0.803. The van der Waals surface area contributed by atoms with Gasteiger partial charge in [0.2, 0.25) is 0 Å². The van der Waals surface area contributed by atoms with E-state index in [1.165, 1.54) is 51.4 Å². The third kappa shape index (κ3) is 2.43. The highest BCUT2D eigenvalue weighted by molar-refractivity contribution is 6.17. The standard InChI is InChI=1S/C12H21ClO/c13-10-4-1-5-11-6-9-12(14-11)7-2-3-8-12/h11H,1-10H2. The van der Waals surface area contributed by atoms with E-state index >= 15 is 0 Å². The summed E-state index contributed by atoms with van der Waals surface area (Å²) in [5.41, 5.74) is 0.325. The zero-order chi connectivity index (χ0) is 9.86. The number of rotatable bonds is 4. The summed E-state index contributed by atoms with van der Waals surface area (Å²) < 4.78 is 6.21. The molecule has 2 rings (SSSR count). The van der Waals surface area contributed by atoms with Crippen molar-refractivity contribution >= 4 is 11.6 Å². The van der Waals surface area contributed by atoms with E-state index in [4.69, 9.17) is 16.3 Å². The van der Waals surface area contributed by atoms with E-state index in [1.807, 2.05) is 0 Å². The van der Waals surface area contributed by atoms with Crippen molar-refractivity contribution in [2.24, 2.45) is 0 Å². The molecule has 1 heterocycles. The topological polar surface area (TPSA) is 9.23 Å². The fraction of sp³-hybridized carbons (Fsp3) is 1.00. The molecule has 1 aliphatic heterocycles. The summed E-state index contributed by atoms with van der Waals surface area (Å²) >= 11 is 5.67. The number of alkyl halides is 1. The maximum absolute atomic E-state index is 6.21. The average Bonchev–Trinajstić information content (AvgIpc) is 2.79. The van der Waals surface area contributed by atoms with Crippen molar-refractivity contribution in [3.8, 4) is 0 Å². The molecule has 2 heteroatoms. The number of unbranched alkanes of at least 4 members (excludes halogenated alkanes) is 1. The van der Waals surface area contributed by atoms with Gasteiger partial charge in [-0.3, -0.25) is 0 Å². The van der Waals surface area contributed by atoms with Gasteiger partial charge in [-0.25, -0.2) is 0 Å². The summed E-state index contributed by atoms with van der Waals surface area (Å²) in [5, 5.41) is 0. The second-order valence-electron chi connectivity index (χ2n) is 4.85. The second-order valence-corrected chi connectivity index (χ2v) is 5.23. The van der Waals surface area contributed by atoms with Gasteiger partial charge in [0.05, 0.1) is 11.7 Å². The Bertz CT molecular complexity index is 175. The molecule has 0 aromatic carbocycles. The van der Waals surface area contributed by atoms with E-state index < -0.39 is 0 Å². The largest absolute Gasteiger partial charge is 0.372 e. The van der Waals surface area contributed by atoms with Crippen LogP contribution in [0, 0.1) is 0 Å². The van der Waals surface area contributed by atoms with Gasteiger partial charge in [0.1, 0.15) is 0 Å². The first-order valence-electron chi connectivity index (χ1n) is 6.08. The number of hydrogen-bond donors (Lipinski definition) is 0. The van der Waals surface area contributed by atoms with Crippen LogP contribution in [0.4, 0.5) is 0 Å². The smallest absolute Gasteiger partial charge is 0.0687 e. The normalized spacial score (nSPS) is 30.2. The van der Waals surface area contributed by atoms with E-state index in [-0.39, 0.29) is 0 Å². The highest BCUT2D eigenvalue weighted by Gasteiger charge is 2.41. The molecule has 1 saturated carbocycles. The summed E-state index contributed by atoms with van der Waals surface area (Å²) in [7, 11) is 0. The van der Waals surface area contributed by atoms with Crippen LogP contribution < -0.4 is 0 Å². The molecular weight excluding hydrogens is 196 g/mol. The maximum Gasteiger partial charge on any atom is 0.0687 e. The van der Waals surface area contributed by atoms with Crippen molar-refractivity contribution in [1.29, 1.82) is 0 Å². The molecule has 1 aliphatic carbocycles. The maximum atomic E-state index is 6.21. The van der Waals surface area contributed by atoms with Crippen LogP contribution in [0.2, 0.25) is 0 Å². The molecule has 1 saturated heterocycles. The molecule has 1 atom stereocenters. The first-order valence-corrected chi connectivity index (χ1v) is 6.62. The summed E-state index contributed by atoms with van der Waals surface area (Å²) in [6, 6.07) is 0.